The van der Waals surface area contributed by atoms with Crippen LogP contribution in [0.15, 0.2) is 73.4 Å². The van der Waals surface area contributed by atoms with Gasteiger partial charge in [-0.15, -0.1) is 0 Å². The number of benzene rings is 2. The number of nitrogens with zero attached hydrogens (tertiary/aromatic N) is 6. The second-order valence-electron chi connectivity index (χ2n) is 10.8. The molecule has 0 saturated heterocycles. The summed E-state index contributed by atoms with van der Waals surface area (Å²) in [6.07, 6.45) is 12.1. The number of aromatic nitrogens is 5. The first-order valence-corrected chi connectivity index (χ1v) is 14.9. The number of halogens is 2. The molecule has 3 heterocycles. The molecule has 2 unspecified atom stereocenters. The molecule has 6 rings (SSSR count). The summed E-state index contributed by atoms with van der Waals surface area (Å²) in [4.78, 5) is 21.7. The zero-order chi connectivity index (χ0) is 29.9. The molecule has 1 aliphatic rings. The molecule has 1 saturated carbocycles. The molecule has 0 radical (unpaired) electrons. The number of carbonyl (C=O) groups is 1. The third-order valence-electron chi connectivity index (χ3n) is 8.25. The van der Waals surface area contributed by atoms with Crippen LogP contribution in [0.1, 0.15) is 49.6 Å². The Bertz CT molecular complexity index is 1800. The predicted molar refractivity (Wildman–Crippen MR) is 167 cm³/mol. The molecule has 5 aromatic rings. The molecule has 0 amide bonds. The van der Waals surface area contributed by atoms with Gasteiger partial charge >= 0.3 is 5.97 Å². The van der Waals surface area contributed by atoms with Crippen LogP contribution < -0.4 is 5.32 Å². The van der Waals surface area contributed by atoms with Crippen molar-refractivity contribution in [1.29, 1.82) is 5.26 Å². The Hall–Kier alpha value is -4.39. The lowest BCUT2D eigenvalue weighted by Crippen LogP contribution is -2.19. The maximum atomic E-state index is 12.7. The highest BCUT2D eigenvalue weighted by molar-refractivity contribution is 6.39. The summed E-state index contributed by atoms with van der Waals surface area (Å²) >= 11 is 12.8. The number of anilines is 2. The van der Waals surface area contributed by atoms with Crippen LogP contribution in [0, 0.1) is 17.2 Å². The first kappa shape index (κ1) is 28.7. The minimum Gasteiger partial charge on any atom is -0.481 e. The van der Waals surface area contributed by atoms with E-state index >= 15 is 0 Å². The molecule has 1 fully saturated rings. The number of carboxylic acids is 1. The highest BCUT2D eigenvalue weighted by Gasteiger charge is 2.28. The van der Waals surface area contributed by atoms with Gasteiger partial charge in [0.15, 0.2) is 0 Å². The van der Waals surface area contributed by atoms with Crippen molar-refractivity contribution >= 4 is 51.6 Å². The summed E-state index contributed by atoms with van der Waals surface area (Å²) < 4.78 is 3.75. The predicted octanol–water partition coefficient (Wildman–Crippen LogP) is 7.86. The largest absolute Gasteiger partial charge is 0.481 e. The molecule has 2 aromatic carbocycles. The van der Waals surface area contributed by atoms with Crippen LogP contribution in [0.2, 0.25) is 10.0 Å². The number of nitriles is 1. The van der Waals surface area contributed by atoms with E-state index in [1.165, 1.54) is 19.2 Å². The summed E-state index contributed by atoms with van der Waals surface area (Å²) in [5.74, 6) is -1.44. The van der Waals surface area contributed by atoms with E-state index < -0.39 is 11.9 Å². The SMILES string of the molecule is N#CCC(C1CCCC1)n1cc(-c2ncnc3c2ccn3CC(C(=O)O)c2ccccc2Nc2c(Cl)cccc2Cl)cn1. The van der Waals surface area contributed by atoms with Gasteiger partial charge in [0.2, 0.25) is 0 Å². The summed E-state index contributed by atoms with van der Waals surface area (Å²) in [7, 11) is 0. The van der Waals surface area contributed by atoms with Crippen molar-refractivity contribution < 1.29 is 9.90 Å². The maximum Gasteiger partial charge on any atom is 0.312 e. The number of hydrogen-bond donors (Lipinski definition) is 2. The highest BCUT2D eigenvalue weighted by Crippen LogP contribution is 2.38. The Morgan fingerprint density at radius 2 is 1.86 bits per heavy atom. The fraction of sp³-hybridized carbons (Fsp3) is 0.281. The van der Waals surface area contributed by atoms with E-state index in [0.29, 0.717) is 50.7 Å². The molecule has 11 heteroatoms. The number of nitrogens with one attached hydrogen (secondary N) is 1. The second-order valence-corrected chi connectivity index (χ2v) is 11.6. The van der Waals surface area contributed by atoms with Gasteiger partial charge in [0, 0.05) is 35.6 Å². The van der Waals surface area contributed by atoms with Crippen molar-refractivity contribution in [1.82, 2.24) is 24.3 Å². The van der Waals surface area contributed by atoms with Crippen LogP contribution in [-0.4, -0.2) is 35.4 Å². The zero-order valence-corrected chi connectivity index (χ0v) is 24.7. The van der Waals surface area contributed by atoms with Gasteiger partial charge < -0.3 is 15.0 Å². The van der Waals surface area contributed by atoms with Crippen molar-refractivity contribution in [2.75, 3.05) is 5.32 Å². The van der Waals surface area contributed by atoms with Crippen LogP contribution in [0.5, 0.6) is 0 Å². The Morgan fingerprint density at radius 1 is 1.09 bits per heavy atom. The average Bonchev–Trinajstić information content (AvgIpc) is 3.79. The molecule has 2 atom stereocenters. The standard InChI is InChI=1S/C32H29Cl2N7O2/c33-25-9-5-10-26(34)30(25)39-27-11-4-3-8-22(27)24(32(42)43)18-40-15-13-23-29(36-19-37-31(23)40)21-16-38-41(17-21)28(12-14-35)20-6-1-2-7-20/h3-5,8-11,13,15-17,19-20,24,28,39H,1-2,6-7,12,18H2,(H,42,43). The number of rotatable bonds is 10. The molecule has 9 nitrogen and oxygen atoms in total. The molecule has 3 aromatic heterocycles. The monoisotopic (exact) mass is 613 g/mol. The third kappa shape index (κ3) is 5.81. The van der Waals surface area contributed by atoms with E-state index in [2.05, 4.69) is 26.5 Å². The van der Waals surface area contributed by atoms with E-state index in [0.717, 1.165) is 23.8 Å². The molecule has 218 valence electrons. The Balaban J connectivity index is 1.31. The smallest absolute Gasteiger partial charge is 0.312 e. The van der Waals surface area contributed by atoms with Gasteiger partial charge in [-0.3, -0.25) is 9.48 Å². The lowest BCUT2D eigenvalue weighted by atomic mass is 9.96. The van der Waals surface area contributed by atoms with Crippen LogP contribution >= 0.6 is 23.2 Å². The second kappa shape index (κ2) is 12.5. The summed E-state index contributed by atoms with van der Waals surface area (Å²) in [5, 5.41) is 29.3. The van der Waals surface area contributed by atoms with Crippen LogP contribution in [0.3, 0.4) is 0 Å². The quantitative estimate of drug-likeness (QED) is 0.164. The molecule has 43 heavy (non-hydrogen) atoms. The fourth-order valence-corrected chi connectivity index (χ4v) is 6.60. The van der Waals surface area contributed by atoms with Crippen molar-refractivity contribution in [3.8, 4) is 17.3 Å². The maximum absolute atomic E-state index is 12.7. The zero-order valence-electron chi connectivity index (χ0n) is 23.2. The average molecular weight is 615 g/mol. The molecule has 0 aliphatic heterocycles. The van der Waals surface area contributed by atoms with Gasteiger partial charge in [-0.25, -0.2) is 9.97 Å². The fourth-order valence-electron chi connectivity index (χ4n) is 6.11. The Morgan fingerprint density at radius 3 is 2.60 bits per heavy atom. The summed E-state index contributed by atoms with van der Waals surface area (Å²) in [6.45, 7) is 0.134. The third-order valence-corrected chi connectivity index (χ3v) is 8.88. The van der Waals surface area contributed by atoms with Gasteiger partial charge in [-0.05, 0) is 48.6 Å². The van der Waals surface area contributed by atoms with E-state index in [1.54, 1.807) is 30.5 Å². The first-order chi connectivity index (χ1) is 20.9. The molecule has 2 N–H and O–H groups in total. The number of hydrogen-bond acceptors (Lipinski definition) is 6. The van der Waals surface area contributed by atoms with Crippen LogP contribution in [0.4, 0.5) is 11.4 Å². The molecular formula is C32H29Cl2N7O2. The molecular weight excluding hydrogens is 585 g/mol. The number of para-hydroxylation sites is 2. The lowest BCUT2D eigenvalue weighted by molar-refractivity contribution is -0.139. The summed E-state index contributed by atoms with van der Waals surface area (Å²) in [6, 6.07) is 16.7. The van der Waals surface area contributed by atoms with Crippen molar-refractivity contribution in [2.24, 2.45) is 5.92 Å². The van der Waals surface area contributed by atoms with E-state index in [9.17, 15) is 15.2 Å². The first-order valence-electron chi connectivity index (χ1n) is 14.2. The van der Waals surface area contributed by atoms with Gasteiger partial charge in [-0.2, -0.15) is 10.4 Å². The minimum atomic E-state index is -0.979. The normalized spacial score (nSPS) is 14.9. The molecule has 0 bridgehead atoms. The van der Waals surface area contributed by atoms with Crippen molar-refractivity contribution in [2.45, 2.75) is 50.6 Å². The van der Waals surface area contributed by atoms with Gasteiger partial charge in [0.25, 0.3) is 0 Å². The lowest BCUT2D eigenvalue weighted by Gasteiger charge is -2.21. The Kier molecular flexibility index (Phi) is 8.32. The Labute approximate surface area is 258 Å². The van der Waals surface area contributed by atoms with Gasteiger partial charge in [0.05, 0.1) is 46.2 Å². The van der Waals surface area contributed by atoms with E-state index in [1.807, 2.05) is 45.9 Å². The number of carboxylic acid groups (broad SMARTS) is 1. The van der Waals surface area contributed by atoms with E-state index in [4.69, 9.17) is 23.2 Å². The van der Waals surface area contributed by atoms with Crippen molar-refractivity contribution in [3.05, 3.63) is 89.1 Å². The summed E-state index contributed by atoms with van der Waals surface area (Å²) in [5.41, 5.74) is 3.84. The number of aliphatic carboxylic acids is 1. The van der Waals surface area contributed by atoms with Crippen molar-refractivity contribution in [3.63, 3.8) is 0 Å². The van der Waals surface area contributed by atoms with E-state index in [-0.39, 0.29) is 12.6 Å². The topological polar surface area (TPSA) is 122 Å². The number of fused-ring (bicyclic) bond motifs is 1. The van der Waals surface area contributed by atoms with Gasteiger partial charge in [-0.1, -0.05) is 60.3 Å². The minimum absolute atomic E-state index is 0.0360. The van der Waals surface area contributed by atoms with Gasteiger partial charge in [0.1, 0.15) is 17.9 Å². The highest BCUT2D eigenvalue weighted by atomic mass is 35.5. The molecule has 1 aliphatic carbocycles. The molecule has 0 spiro atoms. The van der Waals surface area contributed by atoms with Crippen LogP contribution in [-0.2, 0) is 11.3 Å². The van der Waals surface area contributed by atoms with Crippen LogP contribution in [0.25, 0.3) is 22.3 Å².